The normalized spacial score (nSPS) is 27.8. The molecule has 0 unspecified atom stereocenters. The Morgan fingerprint density at radius 1 is 0.438 bits per heavy atom. The van der Waals surface area contributed by atoms with Gasteiger partial charge in [-0.25, -0.2) is 0 Å². The van der Waals surface area contributed by atoms with Crippen LogP contribution in [0.15, 0.2) is 0 Å². The molecule has 0 aromatic heterocycles. The molecule has 0 saturated heterocycles. The predicted molar refractivity (Wildman–Crippen MR) is 68.4 cm³/mol. The van der Waals surface area contributed by atoms with Crippen molar-refractivity contribution in [1.82, 2.24) is 0 Å². The molecule has 0 aliphatic heterocycles. The molecule has 1 aliphatic rings. The third-order valence-electron chi connectivity index (χ3n) is 3.80. The second-order valence-electron chi connectivity index (χ2n) is 5.41. The lowest BCUT2D eigenvalue weighted by Crippen LogP contribution is -2.76. The van der Waals surface area contributed by atoms with Gasteiger partial charge in [-0.05, 0) is 12.8 Å². The molecule has 1 aliphatic carbocycles. The molecule has 0 radical (unpaired) electrons. The minimum absolute atomic E-state index is 0.722. The lowest BCUT2D eigenvalue weighted by atomic mass is 9.85. The van der Waals surface area contributed by atoms with Crippen LogP contribution < -0.4 is 22.9 Å². The van der Waals surface area contributed by atoms with E-state index in [0.29, 0.717) is 0 Å². The molecule has 4 nitrogen and oxygen atoms in total. The van der Waals surface area contributed by atoms with Gasteiger partial charge in [0, 0.05) is 0 Å². The second-order valence-corrected chi connectivity index (χ2v) is 5.41. The molecule has 1 rings (SSSR count). The van der Waals surface area contributed by atoms with Gasteiger partial charge in [-0.15, -0.1) is 0 Å². The first kappa shape index (κ1) is 13.9. The molecule has 8 N–H and O–H groups in total. The highest BCUT2D eigenvalue weighted by molar-refractivity contribution is 4.98. The van der Waals surface area contributed by atoms with E-state index in [-0.39, 0.29) is 0 Å². The second kappa shape index (κ2) is 5.96. The number of hydrogen-bond donors (Lipinski definition) is 4. The van der Waals surface area contributed by atoms with E-state index >= 15 is 0 Å². The Morgan fingerprint density at radius 2 is 0.688 bits per heavy atom. The summed E-state index contributed by atoms with van der Waals surface area (Å²) in [7, 11) is 0. The SMILES string of the molecule is NC1(N)CCCCCCCCCCC1(N)N. The van der Waals surface area contributed by atoms with Crippen molar-refractivity contribution in [2.45, 2.75) is 75.5 Å². The third kappa shape index (κ3) is 4.01. The maximum Gasteiger partial charge on any atom is 0.0955 e. The van der Waals surface area contributed by atoms with E-state index in [9.17, 15) is 0 Å². The fourth-order valence-electron chi connectivity index (χ4n) is 2.36. The van der Waals surface area contributed by atoms with E-state index in [2.05, 4.69) is 0 Å². The molecule has 0 bridgehead atoms. The highest BCUT2D eigenvalue weighted by Crippen LogP contribution is 2.22. The number of rotatable bonds is 0. The van der Waals surface area contributed by atoms with Gasteiger partial charge in [0.2, 0.25) is 0 Å². The Labute approximate surface area is 99.1 Å². The van der Waals surface area contributed by atoms with Gasteiger partial charge < -0.3 is 22.9 Å². The van der Waals surface area contributed by atoms with Crippen LogP contribution in [-0.4, -0.2) is 11.3 Å². The molecule has 0 spiro atoms. The summed E-state index contributed by atoms with van der Waals surface area (Å²) in [4.78, 5) is 0. The van der Waals surface area contributed by atoms with E-state index in [1.54, 1.807) is 0 Å². The van der Waals surface area contributed by atoms with Gasteiger partial charge >= 0.3 is 0 Å². The van der Waals surface area contributed by atoms with Gasteiger partial charge in [-0.3, -0.25) is 0 Å². The van der Waals surface area contributed by atoms with Crippen molar-refractivity contribution in [2.75, 3.05) is 0 Å². The van der Waals surface area contributed by atoms with Crippen LogP contribution in [0.4, 0.5) is 0 Å². The first-order chi connectivity index (χ1) is 7.46. The monoisotopic (exact) mass is 228 g/mol. The fraction of sp³-hybridized carbons (Fsp3) is 1.00. The summed E-state index contributed by atoms with van der Waals surface area (Å²) in [5.74, 6) is 0. The van der Waals surface area contributed by atoms with Crippen LogP contribution >= 0.6 is 0 Å². The molecular formula is C12H28N4. The quantitative estimate of drug-likeness (QED) is 0.466. The fourth-order valence-corrected chi connectivity index (χ4v) is 2.36. The highest BCUT2D eigenvalue weighted by atomic mass is 15.1. The van der Waals surface area contributed by atoms with E-state index < -0.39 is 11.3 Å². The Kier molecular flexibility index (Phi) is 5.18. The smallest absolute Gasteiger partial charge is 0.0955 e. The zero-order valence-electron chi connectivity index (χ0n) is 10.4. The van der Waals surface area contributed by atoms with Gasteiger partial charge in [0.25, 0.3) is 0 Å². The van der Waals surface area contributed by atoms with Crippen molar-refractivity contribution in [3.63, 3.8) is 0 Å². The summed E-state index contributed by atoms with van der Waals surface area (Å²) in [5, 5.41) is 0. The van der Waals surface area contributed by atoms with Gasteiger partial charge in [-0.1, -0.05) is 51.4 Å². The summed E-state index contributed by atoms with van der Waals surface area (Å²) in [5.41, 5.74) is 22.4. The summed E-state index contributed by atoms with van der Waals surface area (Å²) < 4.78 is 0. The zero-order valence-corrected chi connectivity index (χ0v) is 10.4. The van der Waals surface area contributed by atoms with E-state index in [1.807, 2.05) is 0 Å². The maximum atomic E-state index is 6.06. The summed E-state index contributed by atoms with van der Waals surface area (Å²) >= 11 is 0. The van der Waals surface area contributed by atoms with Crippen molar-refractivity contribution in [1.29, 1.82) is 0 Å². The number of nitrogens with two attached hydrogens (primary N) is 4. The van der Waals surface area contributed by atoms with E-state index in [1.165, 1.54) is 38.5 Å². The largest absolute Gasteiger partial charge is 0.311 e. The Bertz CT molecular complexity index is 179. The van der Waals surface area contributed by atoms with Crippen LogP contribution in [0.1, 0.15) is 64.2 Å². The van der Waals surface area contributed by atoms with Crippen LogP contribution in [-0.2, 0) is 0 Å². The summed E-state index contributed by atoms with van der Waals surface area (Å²) in [6.07, 6.45) is 11.1. The van der Waals surface area contributed by atoms with Crippen LogP contribution in [0.3, 0.4) is 0 Å². The summed E-state index contributed by atoms with van der Waals surface area (Å²) in [6.45, 7) is 0. The van der Waals surface area contributed by atoms with Gasteiger partial charge in [0.1, 0.15) is 0 Å². The van der Waals surface area contributed by atoms with Gasteiger partial charge in [-0.2, -0.15) is 0 Å². The van der Waals surface area contributed by atoms with Crippen LogP contribution in [0, 0.1) is 0 Å². The molecule has 4 heteroatoms. The summed E-state index contributed by atoms with van der Waals surface area (Å²) in [6, 6.07) is 0. The van der Waals surface area contributed by atoms with Crippen molar-refractivity contribution in [3.8, 4) is 0 Å². The average Bonchev–Trinajstić information content (AvgIpc) is 2.19. The first-order valence-electron chi connectivity index (χ1n) is 6.61. The lowest BCUT2D eigenvalue weighted by Gasteiger charge is -2.41. The van der Waals surface area contributed by atoms with Crippen LogP contribution in [0.25, 0.3) is 0 Å². The van der Waals surface area contributed by atoms with Gasteiger partial charge in [0.05, 0.1) is 11.3 Å². The first-order valence-corrected chi connectivity index (χ1v) is 6.61. The Hall–Kier alpha value is -0.160. The topological polar surface area (TPSA) is 104 Å². The molecule has 16 heavy (non-hydrogen) atoms. The van der Waals surface area contributed by atoms with E-state index in [0.717, 1.165) is 25.7 Å². The molecule has 0 aromatic carbocycles. The van der Waals surface area contributed by atoms with Gasteiger partial charge in [0.15, 0.2) is 0 Å². The molecule has 0 atom stereocenters. The molecule has 1 saturated carbocycles. The number of hydrogen-bond acceptors (Lipinski definition) is 4. The maximum absolute atomic E-state index is 6.06. The van der Waals surface area contributed by atoms with Crippen molar-refractivity contribution < 1.29 is 0 Å². The molecule has 0 heterocycles. The molecule has 0 aromatic rings. The lowest BCUT2D eigenvalue weighted by molar-refractivity contribution is 0.190. The molecule has 1 fully saturated rings. The standard InChI is InChI=1S/C12H28N4/c13-11(14)9-7-5-3-1-2-4-6-8-10-12(11,15)16/h1-10,13-16H2. The van der Waals surface area contributed by atoms with Crippen LogP contribution in [0.5, 0.6) is 0 Å². The Balaban J connectivity index is 2.54. The molecule has 96 valence electrons. The van der Waals surface area contributed by atoms with Crippen molar-refractivity contribution in [3.05, 3.63) is 0 Å². The predicted octanol–water partition coefficient (Wildman–Crippen LogP) is 1.13. The third-order valence-corrected chi connectivity index (χ3v) is 3.80. The van der Waals surface area contributed by atoms with Crippen molar-refractivity contribution >= 4 is 0 Å². The highest BCUT2D eigenvalue weighted by Gasteiger charge is 2.38. The van der Waals surface area contributed by atoms with Crippen LogP contribution in [0.2, 0.25) is 0 Å². The average molecular weight is 228 g/mol. The minimum atomic E-state index is -0.924. The molecule has 0 amide bonds. The molecular weight excluding hydrogens is 200 g/mol. The Morgan fingerprint density at radius 3 is 1.00 bits per heavy atom. The van der Waals surface area contributed by atoms with Crippen molar-refractivity contribution in [2.24, 2.45) is 22.9 Å². The minimum Gasteiger partial charge on any atom is -0.311 e. The zero-order chi connectivity index (χ0) is 12.1. The van der Waals surface area contributed by atoms with E-state index in [4.69, 9.17) is 22.9 Å².